The van der Waals surface area contributed by atoms with Gasteiger partial charge in [0.15, 0.2) is 5.15 Å². The van der Waals surface area contributed by atoms with E-state index in [2.05, 4.69) is 25.9 Å². The highest BCUT2D eigenvalue weighted by Gasteiger charge is 2.07. The van der Waals surface area contributed by atoms with Crippen molar-refractivity contribution in [2.45, 2.75) is 0 Å². The van der Waals surface area contributed by atoms with Gasteiger partial charge < -0.3 is 0 Å². The van der Waals surface area contributed by atoms with E-state index in [1.807, 2.05) is 12.1 Å². The number of aromatic nitrogens is 2. The molecule has 1 aromatic carbocycles. The molecule has 76 valence electrons. The lowest BCUT2D eigenvalue weighted by Gasteiger charge is -2.03. The minimum absolute atomic E-state index is 0.381. The van der Waals surface area contributed by atoms with Gasteiger partial charge in [-0.05, 0) is 28.1 Å². The molecule has 5 heteroatoms. The highest BCUT2D eigenvalue weighted by Crippen LogP contribution is 2.30. The first kappa shape index (κ1) is 10.9. The molecule has 0 fully saturated rings. The number of hydrogen-bond donors (Lipinski definition) is 0. The summed E-state index contributed by atoms with van der Waals surface area (Å²) in [5.74, 6) is 0. The largest absolute Gasteiger partial charge is 0.251 e. The van der Waals surface area contributed by atoms with Gasteiger partial charge in [-0.1, -0.05) is 29.3 Å². The number of halogens is 3. The van der Waals surface area contributed by atoms with Gasteiger partial charge in [-0.3, -0.25) is 4.98 Å². The fraction of sp³-hybridized carbons (Fsp3) is 0. The Balaban J connectivity index is 2.55. The Morgan fingerprint density at radius 1 is 1.07 bits per heavy atom. The molecule has 0 bridgehead atoms. The summed E-state index contributed by atoms with van der Waals surface area (Å²) in [6, 6.07) is 5.49. The molecular weight excluding hydrogens is 299 g/mol. The van der Waals surface area contributed by atoms with Gasteiger partial charge in [0.05, 0.1) is 5.02 Å². The van der Waals surface area contributed by atoms with Crippen LogP contribution < -0.4 is 0 Å². The van der Waals surface area contributed by atoms with Gasteiger partial charge in [-0.25, -0.2) is 4.98 Å². The topological polar surface area (TPSA) is 25.8 Å². The van der Waals surface area contributed by atoms with Crippen LogP contribution in [0.15, 0.2) is 35.1 Å². The maximum atomic E-state index is 5.93. The van der Waals surface area contributed by atoms with E-state index in [1.54, 1.807) is 18.5 Å². The summed E-state index contributed by atoms with van der Waals surface area (Å²) in [5, 5.41) is 1.03. The Morgan fingerprint density at radius 3 is 2.47 bits per heavy atom. The molecule has 0 atom stereocenters. The van der Waals surface area contributed by atoms with E-state index in [4.69, 9.17) is 23.2 Å². The lowest BCUT2D eigenvalue weighted by molar-refractivity contribution is 1.20. The van der Waals surface area contributed by atoms with Gasteiger partial charge in [0.2, 0.25) is 0 Å². The molecule has 0 saturated heterocycles. The molecule has 0 amide bonds. The van der Waals surface area contributed by atoms with Crippen LogP contribution in [0, 0.1) is 0 Å². The third kappa shape index (κ3) is 2.30. The van der Waals surface area contributed by atoms with Crippen molar-refractivity contribution in [1.29, 1.82) is 0 Å². The Kier molecular flexibility index (Phi) is 3.24. The first-order valence-corrected chi connectivity index (χ1v) is 5.65. The summed E-state index contributed by atoms with van der Waals surface area (Å²) in [4.78, 5) is 8.12. The van der Waals surface area contributed by atoms with Crippen LogP contribution in [0.2, 0.25) is 10.2 Å². The van der Waals surface area contributed by atoms with Crippen LogP contribution in [0.4, 0.5) is 0 Å². The Labute approximate surface area is 105 Å². The molecule has 0 saturated carbocycles. The van der Waals surface area contributed by atoms with Gasteiger partial charge in [-0.2, -0.15) is 0 Å². The number of benzene rings is 1. The number of nitrogens with zero attached hydrogens (tertiary/aromatic N) is 2. The summed E-state index contributed by atoms with van der Waals surface area (Å²) >= 11 is 15.2. The molecule has 1 heterocycles. The molecule has 1 aromatic heterocycles. The molecular formula is C10H5BrCl2N2. The van der Waals surface area contributed by atoms with Crippen LogP contribution in [-0.2, 0) is 0 Å². The van der Waals surface area contributed by atoms with Crippen LogP contribution in [0.3, 0.4) is 0 Å². The van der Waals surface area contributed by atoms with E-state index >= 15 is 0 Å². The predicted molar refractivity (Wildman–Crippen MR) is 65.2 cm³/mol. The molecule has 0 spiro atoms. The molecule has 0 unspecified atom stereocenters. The molecule has 2 aromatic rings. The first-order valence-electron chi connectivity index (χ1n) is 4.10. The quantitative estimate of drug-likeness (QED) is 0.788. The molecule has 0 aliphatic heterocycles. The fourth-order valence-corrected chi connectivity index (χ4v) is 1.87. The summed E-state index contributed by atoms with van der Waals surface area (Å²) in [7, 11) is 0. The molecule has 15 heavy (non-hydrogen) atoms. The molecule has 0 N–H and O–H groups in total. The van der Waals surface area contributed by atoms with Crippen LogP contribution in [-0.4, -0.2) is 9.97 Å². The zero-order valence-electron chi connectivity index (χ0n) is 7.42. The summed E-state index contributed by atoms with van der Waals surface area (Å²) in [5.41, 5.74) is 1.53. The van der Waals surface area contributed by atoms with Gasteiger partial charge in [0.1, 0.15) is 5.69 Å². The van der Waals surface area contributed by atoms with Gasteiger partial charge >= 0.3 is 0 Å². The maximum absolute atomic E-state index is 5.93. The second-order valence-electron chi connectivity index (χ2n) is 2.82. The summed E-state index contributed by atoms with van der Waals surface area (Å²) < 4.78 is 0.809. The van der Waals surface area contributed by atoms with Gasteiger partial charge in [0.25, 0.3) is 0 Å². The number of hydrogen-bond acceptors (Lipinski definition) is 2. The Bertz CT molecular complexity index is 503. The average molecular weight is 304 g/mol. The smallest absolute Gasteiger partial charge is 0.155 e. The van der Waals surface area contributed by atoms with E-state index in [9.17, 15) is 0 Å². The van der Waals surface area contributed by atoms with Crippen molar-refractivity contribution in [3.8, 4) is 11.3 Å². The Morgan fingerprint density at radius 2 is 1.80 bits per heavy atom. The van der Waals surface area contributed by atoms with E-state index in [0.29, 0.717) is 15.9 Å². The molecule has 0 radical (unpaired) electrons. The maximum Gasteiger partial charge on any atom is 0.155 e. The highest BCUT2D eigenvalue weighted by atomic mass is 79.9. The second kappa shape index (κ2) is 4.47. The Hall–Kier alpha value is -0.640. The lowest BCUT2D eigenvalue weighted by Crippen LogP contribution is -1.87. The van der Waals surface area contributed by atoms with E-state index in [-0.39, 0.29) is 0 Å². The fourth-order valence-electron chi connectivity index (χ4n) is 1.16. The SMILES string of the molecule is Clc1ccc(-c2nccnc2Cl)cc1Br. The molecule has 0 aliphatic rings. The van der Waals surface area contributed by atoms with Crippen molar-refractivity contribution in [3.63, 3.8) is 0 Å². The van der Waals surface area contributed by atoms with Gasteiger partial charge in [-0.15, -0.1) is 0 Å². The third-order valence-corrected chi connectivity index (χ3v) is 3.34. The van der Waals surface area contributed by atoms with E-state index in [1.165, 1.54) is 0 Å². The normalized spacial score (nSPS) is 10.3. The third-order valence-electron chi connectivity index (χ3n) is 1.85. The lowest BCUT2D eigenvalue weighted by atomic mass is 10.2. The van der Waals surface area contributed by atoms with Crippen molar-refractivity contribution in [2.75, 3.05) is 0 Å². The minimum Gasteiger partial charge on any atom is -0.251 e. The number of rotatable bonds is 1. The van der Waals surface area contributed by atoms with Crippen LogP contribution in [0.25, 0.3) is 11.3 Å². The minimum atomic E-state index is 0.381. The predicted octanol–water partition coefficient (Wildman–Crippen LogP) is 4.21. The molecule has 2 rings (SSSR count). The van der Waals surface area contributed by atoms with E-state index < -0.39 is 0 Å². The van der Waals surface area contributed by atoms with E-state index in [0.717, 1.165) is 10.0 Å². The van der Waals surface area contributed by atoms with Crippen LogP contribution >= 0.6 is 39.1 Å². The summed E-state index contributed by atoms with van der Waals surface area (Å²) in [6.07, 6.45) is 3.15. The summed E-state index contributed by atoms with van der Waals surface area (Å²) in [6.45, 7) is 0. The van der Waals surface area contributed by atoms with Crippen LogP contribution in [0.1, 0.15) is 0 Å². The van der Waals surface area contributed by atoms with Crippen LogP contribution in [0.5, 0.6) is 0 Å². The first-order chi connectivity index (χ1) is 7.18. The monoisotopic (exact) mass is 302 g/mol. The van der Waals surface area contributed by atoms with Gasteiger partial charge in [0, 0.05) is 22.4 Å². The highest BCUT2D eigenvalue weighted by molar-refractivity contribution is 9.10. The molecule has 2 nitrogen and oxygen atoms in total. The average Bonchev–Trinajstić information content (AvgIpc) is 2.23. The zero-order chi connectivity index (χ0) is 10.8. The van der Waals surface area contributed by atoms with Crippen molar-refractivity contribution < 1.29 is 0 Å². The second-order valence-corrected chi connectivity index (χ2v) is 4.44. The molecule has 0 aliphatic carbocycles. The van der Waals surface area contributed by atoms with Crippen molar-refractivity contribution >= 4 is 39.1 Å². The zero-order valence-corrected chi connectivity index (χ0v) is 10.5. The van der Waals surface area contributed by atoms with Crippen molar-refractivity contribution in [2.24, 2.45) is 0 Å². The standard InChI is InChI=1S/C10H5BrCl2N2/c11-7-5-6(1-2-8(7)12)9-10(13)15-4-3-14-9/h1-5H. The van der Waals surface area contributed by atoms with Crippen molar-refractivity contribution in [3.05, 3.63) is 45.2 Å². The van der Waals surface area contributed by atoms with Crippen molar-refractivity contribution in [1.82, 2.24) is 9.97 Å².